The van der Waals surface area contributed by atoms with Crippen molar-refractivity contribution in [3.63, 3.8) is 0 Å². The summed E-state index contributed by atoms with van der Waals surface area (Å²) < 4.78 is 0.784. The van der Waals surface area contributed by atoms with E-state index >= 15 is 0 Å². The number of hydrogen-bond donors (Lipinski definition) is 2. The normalized spacial score (nSPS) is 19.9. The quantitative estimate of drug-likeness (QED) is 0.872. The summed E-state index contributed by atoms with van der Waals surface area (Å²) in [6.45, 7) is 0.913. The van der Waals surface area contributed by atoms with Crippen LogP contribution in [0.2, 0.25) is 0 Å². The van der Waals surface area contributed by atoms with E-state index in [4.69, 9.17) is 0 Å². The van der Waals surface area contributed by atoms with Gasteiger partial charge in [0.2, 0.25) is 0 Å². The Morgan fingerprint density at radius 3 is 2.41 bits per heavy atom. The molecule has 2 fully saturated rings. The lowest BCUT2D eigenvalue weighted by atomic mass is 10.1. The van der Waals surface area contributed by atoms with Crippen LogP contribution in [0.4, 0.5) is 0 Å². The lowest BCUT2D eigenvalue weighted by Gasteiger charge is -2.17. The van der Waals surface area contributed by atoms with E-state index in [0.29, 0.717) is 5.75 Å². The highest BCUT2D eigenvalue weighted by atomic mass is 79.9. The van der Waals surface area contributed by atoms with Gasteiger partial charge >= 0.3 is 0 Å². The van der Waals surface area contributed by atoms with Gasteiger partial charge in [0.25, 0.3) is 0 Å². The topological polar surface area (TPSA) is 32.3 Å². The molecule has 2 nitrogen and oxygen atoms in total. The zero-order valence-corrected chi connectivity index (χ0v) is 11.4. The summed E-state index contributed by atoms with van der Waals surface area (Å²) in [5.74, 6) is 2.18. The van der Waals surface area contributed by atoms with Crippen LogP contribution in [0.1, 0.15) is 31.2 Å². The van der Waals surface area contributed by atoms with E-state index in [1.54, 1.807) is 6.07 Å². The number of hydrogen-bond acceptors (Lipinski definition) is 2. The molecule has 1 aromatic carbocycles. The molecule has 2 aliphatic carbocycles. The van der Waals surface area contributed by atoms with Crippen molar-refractivity contribution in [2.45, 2.75) is 38.3 Å². The smallest absolute Gasteiger partial charge is 0.129 e. The Bertz CT molecular complexity index is 401. The monoisotopic (exact) mass is 295 g/mol. The van der Waals surface area contributed by atoms with Gasteiger partial charge in [0.05, 0.1) is 4.47 Å². The van der Waals surface area contributed by atoms with Gasteiger partial charge in [-0.25, -0.2) is 0 Å². The summed E-state index contributed by atoms with van der Waals surface area (Å²) in [6.07, 6.45) is 5.64. The first-order valence-corrected chi connectivity index (χ1v) is 7.24. The largest absolute Gasteiger partial charge is 0.507 e. The van der Waals surface area contributed by atoms with Crippen LogP contribution >= 0.6 is 15.9 Å². The minimum Gasteiger partial charge on any atom is -0.507 e. The Morgan fingerprint density at radius 1 is 1.24 bits per heavy atom. The average molecular weight is 296 g/mol. The summed E-state index contributed by atoms with van der Waals surface area (Å²) in [5.41, 5.74) is 1.24. The van der Waals surface area contributed by atoms with E-state index in [9.17, 15) is 5.11 Å². The molecule has 0 aliphatic heterocycles. The van der Waals surface area contributed by atoms with Crippen LogP contribution in [-0.2, 0) is 6.54 Å². The Hall–Kier alpha value is -0.540. The van der Waals surface area contributed by atoms with Crippen molar-refractivity contribution in [3.05, 3.63) is 28.2 Å². The summed E-state index contributed by atoms with van der Waals surface area (Å²) in [5, 5.41) is 13.2. The van der Waals surface area contributed by atoms with Crippen LogP contribution in [0.5, 0.6) is 5.75 Å². The molecule has 0 saturated heterocycles. The molecular weight excluding hydrogens is 278 g/mol. The van der Waals surface area contributed by atoms with Crippen LogP contribution < -0.4 is 5.32 Å². The number of benzene rings is 1. The molecular formula is C14H18BrNO. The highest BCUT2D eigenvalue weighted by Crippen LogP contribution is 2.44. The molecule has 3 heteroatoms. The zero-order chi connectivity index (χ0) is 11.8. The molecule has 92 valence electrons. The lowest BCUT2D eigenvalue weighted by molar-refractivity contribution is 0.415. The third-order valence-corrected chi connectivity index (χ3v) is 4.45. The number of aromatic hydroxyl groups is 1. The van der Waals surface area contributed by atoms with Gasteiger partial charge < -0.3 is 10.4 Å². The lowest BCUT2D eigenvalue weighted by Crippen LogP contribution is -2.32. The molecule has 2 N–H and O–H groups in total. The van der Waals surface area contributed by atoms with Gasteiger partial charge in [0.1, 0.15) is 5.75 Å². The molecule has 1 aromatic rings. The molecule has 0 heterocycles. The maximum Gasteiger partial charge on any atom is 0.129 e. The van der Waals surface area contributed by atoms with E-state index in [0.717, 1.165) is 28.9 Å². The van der Waals surface area contributed by atoms with Gasteiger partial charge in [-0.2, -0.15) is 0 Å². The number of phenols is 1. The minimum atomic E-state index is 0.315. The second-order valence-electron chi connectivity index (χ2n) is 5.37. The fourth-order valence-corrected chi connectivity index (χ4v) is 2.95. The third-order valence-electron chi connectivity index (χ3n) is 3.81. The fourth-order valence-electron chi connectivity index (χ4n) is 2.52. The van der Waals surface area contributed by atoms with Crippen LogP contribution in [-0.4, -0.2) is 11.1 Å². The summed E-state index contributed by atoms with van der Waals surface area (Å²) in [7, 11) is 0. The molecule has 0 atom stereocenters. The predicted octanol–water partition coefficient (Wildman–Crippen LogP) is 3.43. The van der Waals surface area contributed by atoms with Crippen molar-refractivity contribution in [1.82, 2.24) is 5.32 Å². The fraction of sp³-hybridized carbons (Fsp3) is 0.571. The molecule has 0 bridgehead atoms. The van der Waals surface area contributed by atoms with Gasteiger partial charge in [0.15, 0.2) is 0 Å². The SMILES string of the molecule is Oc1ccc(CNC(C2CC2)C2CC2)cc1Br. The molecule has 0 radical (unpaired) electrons. The van der Waals surface area contributed by atoms with Crippen LogP contribution in [0.25, 0.3) is 0 Å². The van der Waals surface area contributed by atoms with Gasteiger partial charge in [0, 0.05) is 12.6 Å². The number of nitrogens with one attached hydrogen (secondary N) is 1. The van der Waals surface area contributed by atoms with Gasteiger partial charge in [-0.05, 0) is 71.1 Å². The van der Waals surface area contributed by atoms with Crippen molar-refractivity contribution in [1.29, 1.82) is 0 Å². The van der Waals surface area contributed by atoms with Crippen molar-refractivity contribution >= 4 is 15.9 Å². The van der Waals surface area contributed by atoms with E-state index in [1.807, 2.05) is 12.1 Å². The van der Waals surface area contributed by atoms with E-state index in [-0.39, 0.29) is 0 Å². The van der Waals surface area contributed by atoms with Crippen molar-refractivity contribution < 1.29 is 5.11 Å². The summed E-state index contributed by atoms with van der Waals surface area (Å²) in [6, 6.07) is 6.48. The Kier molecular flexibility index (Phi) is 3.14. The number of phenolic OH excluding ortho intramolecular Hbond substituents is 1. The van der Waals surface area contributed by atoms with Crippen molar-refractivity contribution in [3.8, 4) is 5.75 Å². The summed E-state index contributed by atoms with van der Waals surface area (Å²) >= 11 is 3.36. The first-order valence-electron chi connectivity index (χ1n) is 6.45. The molecule has 2 saturated carbocycles. The van der Waals surface area contributed by atoms with Crippen molar-refractivity contribution in [2.24, 2.45) is 11.8 Å². The van der Waals surface area contributed by atoms with Crippen molar-refractivity contribution in [2.75, 3.05) is 0 Å². The molecule has 3 rings (SSSR count). The molecule has 0 amide bonds. The maximum atomic E-state index is 9.45. The van der Waals surface area contributed by atoms with E-state index < -0.39 is 0 Å². The average Bonchev–Trinajstić information content (AvgIpc) is 3.14. The first-order chi connectivity index (χ1) is 8.24. The highest BCUT2D eigenvalue weighted by molar-refractivity contribution is 9.10. The second-order valence-corrected chi connectivity index (χ2v) is 6.22. The molecule has 0 aromatic heterocycles. The standard InChI is InChI=1S/C14H18BrNO/c15-12-7-9(1-6-13(12)17)8-16-14(10-2-3-10)11-4-5-11/h1,6-7,10-11,14,16-17H,2-5,8H2. The predicted molar refractivity (Wildman–Crippen MR) is 71.9 cm³/mol. The van der Waals surface area contributed by atoms with Crippen LogP contribution in [0.15, 0.2) is 22.7 Å². The van der Waals surface area contributed by atoms with E-state index in [1.165, 1.54) is 31.2 Å². The molecule has 2 aliphatic rings. The zero-order valence-electron chi connectivity index (χ0n) is 9.82. The van der Waals surface area contributed by atoms with Gasteiger partial charge in [-0.1, -0.05) is 6.07 Å². The highest BCUT2D eigenvalue weighted by Gasteiger charge is 2.40. The van der Waals surface area contributed by atoms with Crippen LogP contribution in [0, 0.1) is 11.8 Å². The third kappa shape index (κ3) is 2.83. The minimum absolute atomic E-state index is 0.315. The molecule has 17 heavy (non-hydrogen) atoms. The van der Waals surface area contributed by atoms with E-state index in [2.05, 4.69) is 21.2 Å². The molecule has 0 unspecified atom stereocenters. The Morgan fingerprint density at radius 2 is 1.88 bits per heavy atom. The second kappa shape index (κ2) is 4.62. The first kappa shape index (κ1) is 11.5. The Balaban J connectivity index is 1.60. The van der Waals surface area contributed by atoms with Gasteiger partial charge in [-0.15, -0.1) is 0 Å². The number of rotatable bonds is 5. The van der Waals surface area contributed by atoms with Crippen LogP contribution in [0.3, 0.4) is 0 Å². The molecule has 0 spiro atoms. The van der Waals surface area contributed by atoms with Gasteiger partial charge in [-0.3, -0.25) is 0 Å². The Labute approximate surface area is 111 Å². The summed E-state index contributed by atoms with van der Waals surface area (Å²) in [4.78, 5) is 0. The maximum absolute atomic E-state index is 9.45. The number of halogens is 1.